The topological polar surface area (TPSA) is 29.1 Å². The number of carbonyl (C=O) groups excluding carboxylic acids is 1. The Hall–Kier alpha value is -2.87. The molecule has 3 aromatic rings. The lowest BCUT2D eigenvalue weighted by molar-refractivity contribution is -0.116. The Kier molecular flexibility index (Phi) is 5.07. The Morgan fingerprint density at radius 3 is 1.83 bits per heavy atom. The third-order valence-corrected chi connectivity index (χ3v) is 4.21. The average molecular weight is 315 g/mol. The minimum absolute atomic E-state index is 0.0296. The molecule has 0 saturated carbocycles. The summed E-state index contributed by atoms with van der Waals surface area (Å²) < 4.78 is 0. The molecule has 0 heterocycles. The molecule has 0 aromatic heterocycles. The summed E-state index contributed by atoms with van der Waals surface area (Å²) in [5.74, 6) is 0.0819. The van der Waals surface area contributed by atoms with E-state index < -0.39 is 0 Å². The number of para-hydroxylation sites is 1. The van der Waals surface area contributed by atoms with Gasteiger partial charge in [-0.3, -0.25) is 4.79 Å². The Bertz CT molecular complexity index is 757. The van der Waals surface area contributed by atoms with Crippen LogP contribution < -0.4 is 5.32 Å². The van der Waals surface area contributed by atoms with Crippen LogP contribution in [0.2, 0.25) is 0 Å². The maximum atomic E-state index is 12.6. The molecule has 1 amide bonds. The van der Waals surface area contributed by atoms with Gasteiger partial charge in [-0.15, -0.1) is 0 Å². The summed E-state index contributed by atoms with van der Waals surface area (Å²) >= 11 is 0. The molecule has 0 aliphatic heterocycles. The molecule has 0 fully saturated rings. The minimum Gasteiger partial charge on any atom is -0.326 e. The van der Waals surface area contributed by atoms with Crippen molar-refractivity contribution >= 4 is 11.6 Å². The number of hydrogen-bond donors (Lipinski definition) is 1. The zero-order valence-corrected chi connectivity index (χ0v) is 13.8. The van der Waals surface area contributed by atoms with Gasteiger partial charge in [-0.1, -0.05) is 78.9 Å². The van der Waals surface area contributed by atoms with Crippen LogP contribution in [0.5, 0.6) is 0 Å². The van der Waals surface area contributed by atoms with Gasteiger partial charge >= 0.3 is 0 Å². The molecule has 2 heteroatoms. The first-order chi connectivity index (χ1) is 11.7. The van der Waals surface area contributed by atoms with E-state index in [1.807, 2.05) is 67.6 Å². The van der Waals surface area contributed by atoms with E-state index in [0.29, 0.717) is 6.42 Å². The van der Waals surface area contributed by atoms with Gasteiger partial charge in [-0.2, -0.15) is 0 Å². The third-order valence-electron chi connectivity index (χ3n) is 4.21. The summed E-state index contributed by atoms with van der Waals surface area (Å²) in [7, 11) is 0. The van der Waals surface area contributed by atoms with Gasteiger partial charge in [0, 0.05) is 18.0 Å². The molecule has 0 radical (unpaired) electrons. The first-order valence-corrected chi connectivity index (χ1v) is 8.19. The summed E-state index contributed by atoms with van der Waals surface area (Å²) in [6.45, 7) is 2.00. The Morgan fingerprint density at radius 1 is 0.792 bits per heavy atom. The fourth-order valence-corrected chi connectivity index (χ4v) is 2.90. The van der Waals surface area contributed by atoms with E-state index in [4.69, 9.17) is 0 Å². The molecule has 2 nitrogen and oxygen atoms in total. The summed E-state index contributed by atoms with van der Waals surface area (Å²) in [5, 5.41) is 3.04. The molecule has 0 spiro atoms. The number of benzene rings is 3. The van der Waals surface area contributed by atoms with Crippen molar-refractivity contribution in [1.29, 1.82) is 0 Å². The van der Waals surface area contributed by atoms with Crippen molar-refractivity contribution in [1.82, 2.24) is 0 Å². The van der Waals surface area contributed by atoms with E-state index >= 15 is 0 Å². The lowest BCUT2D eigenvalue weighted by atomic mass is 9.88. The van der Waals surface area contributed by atoms with E-state index in [9.17, 15) is 4.79 Å². The molecule has 0 aliphatic carbocycles. The smallest absolute Gasteiger partial charge is 0.225 e. The zero-order chi connectivity index (χ0) is 16.8. The maximum Gasteiger partial charge on any atom is 0.225 e. The van der Waals surface area contributed by atoms with E-state index in [1.54, 1.807) is 0 Å². The molecule has 0 aliphatic rings. The van der Waals surface area contributed by atoms with Crippen LogP contribution in [0.1, 0.15) is 29.0 Å². The molecular formula is C22H21NO. The van der Waals surface area contributed by atoms with Crippen LogP contribution in [0.25, 0.3) is 0 Å². The van der Waals surface area contributed by atoms with E-state index in [1.165, 1.54) is 0 Å². The summed E-state index contributed by atoms with van der Waals surface area (Å²) in [6.07, 6.45) is 0.419. The lowest BCUT2D eigenvalue weighted by Gasteiger charge is -2.18. The molecule has 0 saturated heterocycles. The molecular weight excluding hydrogens is 294 g/mol. The van der Waals surface area contributed by atoms with Crippen molar-refractivity contribution in [2.75, 3.05) is 5.32 Å². The highest BCUT2D eigenvalue weighted by Gasteiger charge is 2.18. The fourth-order valence-electron chi connectivity index (χ4n) is 2.90. The van der Waals surface area contributed by atoms with Gasteiger partial charge in [0.1, 0.15) is 0 Å². The van der Waals surface area contributed by atoms with Crippen LogP contribution in [0.4, 0.5) is 5.69 Å². The first kappa shape index (κ1) is 16.0. The first-order valence-electron chi connectivity index (χ1n) is 8.19. The van der Waals surface area contributed by atoms with Gasteiger partial charge in [0.2, 0.25) is 5.91 Å². The highest BCUT2D eigenvalue weighted by Crippen LogP contribution is 2.28. The highest BCUT2D eigenvalue weighted by atomic mass is 16.1. The van der Waals surface area contributed by atoms with Crippen molar-refractivity contribution < 1.29 is 4.79 Å². The van der Waals surface area contributed by atoms with E-state index in [2.05, 4.69) is 29.6 Å². The van der Waals surface area contributed by atoms with Crippen molar-refractivity contribution in [2.24, 2.45) is 0 Å². The molecule has 0 atom stereocenters. The highest BCUT2D eigenvalue weighted by molar-refractivity contribution is 5.92. The van der Waals surface area contributed by atoms with Crippen LogP contribution in [0.3, 0.4) is 0 Å². The van der Waals surface area contributed by atoms with Gasteiger partial charge < -0.3 is 5.32 Å². The monoisotopic (exact) mass is 315 g/mol. The summed E-state index contributed by atoms with van der Waals surface area (Å²) in [5.41, 5.74) is 4.26. The minimum atomic E-state index is 0.0296. The van der Waals surface area contributed by atoms with Crippen molar-refractivity contribution in [3.05, 3.63) is 102 Å². The number of aryl methyl sites for hydroxylation is 1. The molecule has 0 unspecified atom stereocenters. The Balaban J connectivity index is 1.82. The number of carbonyl (C=O) groups is 1. The van der Waals surface area contributed by atoms with Crippen molar-refractivity contribution in [3.63, 3.8) is 0 Å². The number of anilines is 1. The largest absolute Gasteiger partial charge is 0.326 e. The Labute approximate surface area is 143 Å². The third kappa shape index (κ3) is 3.90. The number of hydrogen-bond acceptors (Lipinski definition) is 1. The van der Waals surface area contributed by atoms with Crippen LogP contribution in [-0.4, -0.2) is 5.91 Å². The standard InChI is InChI=1S/C22H21NO/c1-17-10-8-9-15-21(17)23-22(24)16-20(18-11-4-2-5-12-18)19-13-6-3-7-14-19/h2-15,20H,16H2,1H3,(H,23,24). The van der Waals surface area contributed by atoms with E-state index in [0.717, 1.165) is 22.4 Å². The normalized spacial score (nSPS) is 10.6. The Morgan fingerprint density at radius 2 is 1.29 bits per heavy atom. The molecule has 120 valence electrons. The molecule has 0 bridgehead atoms. The molecule has 1 N–H and O–H groups in total. The average Bonchev–Trinajstić information content (AvgIpc) is 2.63. The summed E-state index contributed by atoms with van der Waals surface area (Å²) in [4.78, 5) is 12.6. The number of rotatable bonds is 5. The predicted octanol–water partition coefficient (Wildman–Crippen LogP) is 5.16. The van der Waals surface area contributed by atoms with Gasteiger partial charge in [-0.25, -0.2) is 0 Å². The lowest BCUT2D eigenvalue weighted by Crippen LogP contribution is -2.17. The maximum absolute atomic E-state index is 12.6. The second-order valence-corrected chi connectivity index (χ2v) is 5.94. The van der Waals surface area contributed by atoms with Crippen LogP contribution in [-0.2, 0) is 4.79 Å². The fraction of sp³-hybridized carbons (Fsp3) is 0.136. The van der Waals surface area contributed by atoms with Crippen molar-refractivity contribution in [3.8, 4) is 0 Å². The van der Waals surface area contributed by atoms with Crippen LogP contribution >= 0.6 is 0 Å². The van der Waals surface area contributed by atoms with Crippen molar-refractivity contribution in [2.45, 2.75) is 19.3 Å². The second kappa shape index (κ2) is 7.60. The van der Waals surface area contributed by atoms with Gasteiger partial charge in [0.25, 0.3) is 0 Å². The molecule has 3 rings (SSSR count). The molecule has 3 aromatic carbocycles. The number of amides is 1. The SMILES string of the molecule is Cc1ccccc1NC(=O)CC(c1ccccc1)c1ccccc1. The van der Waals surface area contributed by atoms with Crippen LogP contribution in [0, 0.1) is 6.92 Å². The second-order valence-electron chi connectivity index (χ2n) is 5.94. The molecule has 24 heavy (non-hydrogen) atoms. The van der Waals surface area contributed by atoms with Crippen LogP contribution in [0.15, 0.2) is 84.9 Å². The number of nitrogens with one attached hydrogen (secondary N) is 1. The quantitative estimate of drug-likeness (QED) is 0.692. The zero-order valence-electron chi connectivity index (χ0n) is 13.8. The van der Waals surface area contributed by atoms with Gasteiger partial charge in [0.15, 0.2) is 0 Å². The summed E-state index contributed by atoms with van der Waals surface area (Å²) in [6, 6.07) is 28.3. The van der Waals surface area contributed by atoms with Gasteiger partial charge in [0.05, 0.1) is 0 Å². The predicted molar refractivity (Wildman–Crippen MR) is 99.2 cm³/mol. The van der Waals surface area contributed by atoms with E-state index in [-0.39, 0.29) is 11.8 Å². The van der Waals surface area contributed by atoms with Gasteiger partial charge in [-0.05, 0) is 29.7 Å².